The van der Waals surface area contributed by atoms with Crippen LogP contribution in [-0.4, -0.2) is 16.7 Å². The zero-order valence-electron chi connectivity index (χ0n) is 11.7. The van der Waals surface area contributed by atoms with E-state index >= 15 is 0 Å². The summed E-state index contributed by atoms with van der Waals surface area (Å²) >= 11 is 0. The Labute approximate surface area is 117 Å². The van der Waals surface area contributed by atoms with Crippen molar-refractivity contribution >= 4 is 17.4 Å². The fourth-order valence-electron chi connectivity index (χ4n) is 1.97. The first-order valence-corrected chi connectivity index (χ1v) is 6.33. The average molecular weight is 268 g/mol. The number of pyridine rings is 1. The Balaban J connectivity index is 2.23. The van der Waals surface area contributed by atoms with Crippen LogP contribution in [0.3, 0.4) is 0 Å². The SMILES string of the molecule is CC(=O)c1cccc(NC(=O)c2cc(C)cc(C)n2)c1. The van der Waals surface area contributed by atoms with Gasteiger partial charge in [0.05, 0.1) is 0 Å². The van der Waals surface area contributed by atoms with Crippen LogP contribution < -0.4 is 5.32 Å². The minimum absolute atomic E-state index is 0.0365. The summed E-state index contributed by atoms with van der Waals surface area (Å²) in [5.41, 5.74) is 3.31. The third-order valence-electron chi connectivity index (χ3n) is 2.86. The molecule has 0 saturated carbocycles. The van der Waals surface area contributed by atoms with Gasteiger partial charge in [0.25, 0.3) is 5.91 Å². The van der Waals surface area contributed by atoms with Gasteiger partial charge in [0, 0.05) is 16.9 Å². The topological polar surface area (TPSA) is 59.1 Å². The van der Waals surface area contributed by atoms with Gasteiger partial charge < -0.3 is 5.32 Å². The lowest BCUT2D eigenvalue weighted by molar-refractivity contribution is 0.100. The summed E-state index contributed by atoms with van der Waals surface area (Å²) in [6.07, 6.45) is 0. The highest BCUT2D eigenvalue weighted by Crippen LogP contribution is 2.13. The number of ketones is 1. The molecule has 20 heavy (non-hydrogen) atoms. The highest BCUT2D eigenvalue weighted by atomic mass is 16.2. The Hall–Kier alpha value is -2.49. The number of Topliss-reactive ketones (excluding diaryl/α,β-unsaturated/α-hetero) is 1. The van der Waals surface area contributed by atoms with Crippen molar-refractivity contribution in [2.75, 3.05) is 5.32 Å². The molecule has 0 aliphatic heterocycles. The predicted molar refractivity (Wildman–Crippen MR) is 78.1 cm³/mol. The van der Waals surface area contributed by atoms with Crippen molar-refractivity contribution in [3.63, 3.8) is 0 Å². The minimum Gasteiger partial charge on any atom is -0.321 e. The summed E-state index contributed by atoms with van der Waals surface area (Å²) in [5, 5.41) is 2.75. The van der Waals surface area contributed by atoms with Crippen LogP contribution in [0.25, 0.3) is 0 Å². The van der Waals surface area contributed by atoms with Gasteiger partial charge in [-0.2, -0.15) is 0 Å². The van der Waals surface area contributed by atoms with Crippen LogP contribution in [0.4, 0.5) is 5.69 Å². The molecule has 0 aliphatic carbocycles. The summed E-state index contributed by atoms with van der Waals surface area (Å²) in [7, 11) is 0. The Morgan fingerprint density at radius 2 is 1.85 bits per heavy atom. The van der Waals surface area contributed by atoms with Gasteiger partial charge in [-0.3, -0.25) is 9.59 Å². The molecule has 0 atom stereocenters. The lowest BCUT2D eigenvalue weighted by atomic mass is 10.1. The van der Waals surface area contributed by atoms with Crippen molar-refractivity contribution < 1.29 is 9.59 Å². The van der Waals surface area contributed by atoms with Crippen LogP contribution in [0.5, 0.6) is 0 Å². The molecule has 2 aromatic rings. The monoisotopic (exact) mass is 268 g/mol. The molecule has 1 aromatic carbocycles. The number of hydrogen-bond acceptors (Lipinski definition) is 3. The third kappa shape index (κ3) is 3.29. The van der Waals surface area contributed by atoms with Gasteiger partial charge in [0.15, 0.2) is 5.78 Å². The van der Waals surface area contributed by atoms with Crippen molar-refractivity contribution in [3.05, 3.63) is 58.9 Å². The summed E-state index contributed by atoms with van der Waals surface area (Å²) in [6, 6.07) is 10.5. The number of rotatable bonds is 3. The molecule has 4 nitrogen and oxygen atoms in total. The van der Waals surface area contributed by atoms with E-state index in [-0.39, 0.29) is 11.7 Å². The minimum atomic E-state index is -0.280. The smallest absolute Gasteiger partial charge is 0.274 e. The molecule has 0 fully saturated rings. The van der Waals surface area contributed by atoms with Crippen molar-refractivity contribution in [2.45, 2.75) is 20.8 Å². The summed E-state index contributed by atoms with van der Waals surface area (Å²) in [5.74, 6) is -0.317. The number of anilines is 1. The van der Waals surface area contributed by atoms with Gasteiger partial charge in [-0.05, 0) is 50.6 Å². The Kier molecular flexibility index (Phi) is 3.94. The molecule has 0 radical (unpaired) electrons. The molecule has 1 heterocycles. The Bertz CT molecular complexity index is 658. The maximum atomic E-state index is 12.1. The van der Waals surface area contributed by atoms with Crippen LogP contribution in [-0.2, 0) is 0 Å². The number of carbonyl (C=O) groups is 2. The first-order valence-electron chi connectivity index (χ1n) is 6.33. The van der Waals surface area contributed by atoms with Crippen molar-refractivity contribution in [3.8, 4) is 0 Å². The molecule has 1 N–H and O–H groups in total. The third-order valence-corrected chi connectivity index (χ3v) is 2.86. The maximum absolute atomic E-state index is 12.1. The highest BCUT2D eigenvalue weighted by Gasteiger charge is 2.09. The number of nitrogens with zero attached hydrogens (tertiary/aromatic N) is 1. The molecule has 0 bridgehead atoms. The van der Waals surface area contributed by atoms with Gasteiger partial charge in [-0.25, -0.2) is 4.98 Å². The normalized spacial score (nSPS) is 10.2. The maximum Gasteiger partial charge on any atom is 0.274 e. The van der Waals surface area contributed by atoms with Crippen molar-refractivity contribution in [1.29, 1.82) is 0 Å². The molecule has 2 rings (SSSR count). The molecule has 1 amide bonds. The van der Waals surface area contributed by atoms with Crippen LogP contribution in [0.1, 0.15) is 39.0 Å². The van der Waals surface area contributed by atoms with E-state index in [0.717, 1.165) is 11.3 Å². The van der Waals surface area contributed by atoms with E-state index in [9.17, 15) is 9.59 Å². The number of benzene rings is 1. The van der Waals surface area contributed by atoms with E-state index in [1.165, 1.54) is 6.92 Å². The summed E-state index contributed by atoms with van der Waals surface area (Å²) in [4.78, 5) is 27.7. The van der Waals surface area contributed by atoms with Gasteiger partial charge in [0.2, 0.25) is 0 Å². The van der Waals surface area contributed by atoms with Crippen molar-refractivity contribution in [1.82, 2.24) is 4.98 Å². The molecule has 0 aliphatic rings. The first-order chi connectivity index (χ1) is 9.45. The molecule has 102 valence electrons. The van der Waals surface area contributed by atoms with Gasteiger partial charge >= 0.3 is 0 Å². The standard InChI is InChI=1S/C16H16N2O2/c1-10-7-11(2)17-15(8-10)16(20)18-14-6-4-5-13(9-14)12(3)19/h4-9H,1-3H3,(H,18,20). The van der Waals surface area contributed by atoms with E-state index in [0.29, 0.717) is 16.9 Å². The van der Waals surface area contributed by atoms with Crippen LogP contribution in [0.2, 0.25) is 0 Å². The quantitative estimate of drug-likeness (QED) is 0.870. The second-order valence-corrected chi connectivity index (χ2v) is 4.76. The van der Waals surface area contributed by atoms with E-state index in [1.807, 2.05) is 19.9 Å². The van der Waals surface area contributed by atoms with Crippen molar-refractivity contribution in [2.24, 2.45) is 0 Å². The summed E-state index contributed by atoms with van der Waals surface area (Å²) in [6.45, 7) is 5.26. The summed E-state index contributed by atoms with van der Waals surface area (Å²) < 4.78 is 0. The lowest BCUT2D eigenvalue weighted by Gasteiger charge is -2.07. The van der Waals surface area contributed by atoms with E-state index < -0.39 is 0 Å². The van der Waals surface area contributed by atoms with Gasteiger partial charge in [0.1, 0.15) is 5.69 Å². The fourth-order valence-corrected chi connectivity index (χ4v) is 1.97. The Morgan fingerprint density at radius 1 is 1.10 bits per heavy atom. The molecule has 0 spiro atoms. The first kappa shape index (κ1) is 13.9. The number of carbonyl (C=O) groups excluding carboxylic acids is 2. The van der Waals surface area contributed by atoms with Crippen LogP contribution in [0, 0.1) is 13.8 Å². The lowest BCUT2D eigenvalue weighted by Crippen LogP contribution is -2.14. The van der Waals surface area contributed by atoms with Gasteiger partial charge in [-0.15, -0.1) is 0 Å². The molecular formula is C16H16N2O2. The van der Waals surface area contributed by atoms with E-state index in [2.05, 4.69) is 10.3 Å². The van der Waals surface area contributed by atoms with Crippen LogP contribution in [0.15, 0.2) is 36.4 Å². The predicted octanol–water partition coefficient (Wildman–Crippen LogP) is 3.15. The molecule has 0 saturated heterocycles. The second kappa shape index (κ2) is 5.65. The van der Waals surface area contributed by atoms with E-state index in [4.69, 9.17) is 0 Å². The zero-order chi connectivity index (χ0) is 14.7. The number of aromatic nitrogens is 1. The Morgan fingerprint density at radius 3 is 2.50 bits per heavy atom. The largest absolute Gasteiger partial charge is 0.321 e. The zero-order valence-corrected chi connectivity index (χ0v) is 11.7. The molecule has 0 unspecified atom stereocenters. The van der Waals surface area contributed by atoms with Gasteiger partial charge in [-0.1, -0.05) is 12.1 Å². The number of hydrogen-bond donors (Lipinski definition) is 1. The molecule has 4 heteroatoms. The fraction of sp³-hybridized carbons (Fsp3) is 0.188. The second-order valence-electron chi connectivity index (χ2n) is 4.76. The van der Waals surface area contributed by atoms with Crippen LogP contribution >= 0.6 is 0 Å². The molecule has 1 aromatic heterocycles. The molecular weight excluding hydrogens is 252 g/mol. The number of nitrogens with one attached hydrogen (secondary N) is 1. The highest BCUT2D eigenvalue weighted by molar-refractivity contribution is 6.04. The average Bonchev–Trinajstić information content (AvgIpc) is 2.37. The van der Waals surface area contributed by atoms with E-state index in [1.54, 1.807) is 30.3 Å². The number of aryl methyl sites for hydroxylation is 2. The number of amides is 1.